The van der Waals surface area contributed by atoms with Gasteiger partial charge >= 0.3 is 0 Å². The highest BCUT2D eigenvalue weighted by Gasteiger charge is 2.51. The summed E-state index contributed by atoms with van der Waals surface area (Å²) >= 11 is 5.00. The van der Waals surface area contributed by atoms with E-state index in [-0.39, 0.29) is 17.2 Å². The second kappa shape index (κ2) is 5.02. The van der Waals surface area contributed by atoms with Gasteiger partial charge in [-0.05, 0) is 40.9 Å². The first-order chi connectivity index (χ1) is 9.11. The standard InChI is InChI=1S/C14H16BrNO2S/c15-11-5-4-10(19-11)9-16-12(17)8-14(13(16)18)6-2-1-3-7-14/h4-5H,1-3,6-9H2. The van der Waals surface area contributed by atoms with Crippen molar-refractivity contribution in [2.24, 2.45) is 5.41 Å². The van der Waals surface area contributed by atoms with Gasteiger partial charge in [0.1, 0.15) is 0 Å². The lowest BCUT2D eigenvalue weighted by molar-refractivity contribution is -0.142. The minimum Gasteiger partial charge on any atom is -0.277 e. The summed E-state index contributed by atoms with van der Waals surface area (Å²) in [5.74, 6) is 0.0816. The number of amides is 2. The zero-order valence-corrected chi connectivity index (χ0v) is 13.1. The van der Waals surface area contributed by atoms with Gasteiger partial charge in [0, 0.05) is 11.3 Å². The van der Waals surface area contributed by atoms with Crippen LogP contribution in [0.1, 0.15) is 43.4 Å². The molecule has 102 valence electrons. The number of likely N-dealkylation sites (tertiary alicyclic amines) is 1. The zero-order chi connectivity index (χ0) is 13.5. The van der Waals surface area contributed by atoms with Crippen LogP contribution in [0.25, 0.3) is 0 Å². The van der Waals surface area contributed by atoms with Crippen molar-refractivity contribution in [2.75, 3.05) is 0 Å². The third-order valence-electron chi connectivity index (χ3n) is 4.24. The van der Waals surface area contributed by atoms with E-state index < -0.39 is 0 Å². The Labute approximate surface area is 125 Å². The molecule has 1 saturated carbocycles. The molecule has 5 heteroatoms. The van der Waals surface area contributed by atoms with Gasteiger partial charge in [-0.1, -0.05) is 19.3 Å². The van der Waals surface area contributed by atoms with Crippen LogP contribution >= 0.6 is 27.3 Å². The molecule has 1 spiro atoms. The topological polar surface area (TPSA) is 37.4 Å². The average molecular weight is 342 g/mol. The lowest BCUT2D eigenvalue weighted by Gasteiger charge is -2.30. The quantitative estimate of drug-likeness (QED) is 0.768. The molecule has 0 aromatic carbocycles. The maximum Gasteiger partial charge on any atom is 0.236 e. The number of thiophene rings is 1. The number of hydrogen-bond donors (Lipinski definition) is 0. The molecule has 0 bridgehead atoms. The van der Waals surface area contributed by atoms with Crippen molar-refractivity contribution >= 4 is 39.1 Å². The molecular weight excluding hydrogens is 326 g/mol. The Balaban J connectivity index is 1.79. The fourth-order valence-electron chi connectivity index (χ4n) is 3.23. The summed E-state index contributed by atoms with van der Waals surface area (Å²) in [5.41, 5.74) is -0.357. The summed E-state index contributed by atoms with van der Waals surface area (Å²) in [6, 6.07) is 3.93. The molecule has 0 unspecified atom stereocenters. The van der Waals surface area contributed by atoms with Crippen LogP contribution in [0, 0.1) is 5.41 Å². The first-order valence-corrected chi connectivity index (χ1v) is 8.31. The van der Waals surface area contributed by atoms with Gasteiger partial charge in [0.2, 0.25) is 11.8 Å². The van der Waals surface area contributed by atoms with Gasteiger partial charge in [0.05, 0.1) is 15.7 Å². The smallest absolute Gasteiger partial charge is 0.236 e. The number of nitrogens with zero attached hydrogens (tertiary/aromatic N) is 1. The Kier molecular flexibility index (Phi) is 3.52. The van der Waals surface area contributed by atoms with E-state index in [1.807, 2.05) is 12.1 Å². The largest absolute Gasteiger partial charge is 0.277 e. The minimum absolute atomic E-state index is 0.0106. The van der Waals surface area contributed by atoms with Crippen LogP contribution in [0.2, 0.25) is 0 Å². The van der Waals surface area contributed by atoms with Crippen molar-refractivity contribution in [1.29, 1.82) is 0 Å². The van der Waals surface area contributed by atoms with Crippen molar-refractivity contribution in [3.05, 3.63) is 20.8 Å². The molecule has 1 aromatic rings. The van der Waals surface area contributed by atoms with E-state index in [1.54, 1.807) is 11.3 Å². The predicted octanol–water partition coefficient (Wildman–Crippen LogP) is 3.72. The molecule has 19 heavy (non-hydrogen) atoms. The molecule has 1 aromatic heterocycles. The number of rotatable bonds is 2. The van der Waals surface area contributed by atoms with E-state index in [9.17, 15) is 9.59 Å². The molecular formula is C14H16BrNO2S. The number of hydrogen-bond acceptors (Lipinski definition) is 3. The molecule has 0 atom stereocenters. The van der Waals surface area contributed by atoms with Gasteiger partial charge in [-0.3, -0.25) is 14.5 Å². The summed E-state index contributed by atoms with van der Waals surface area (Å²) < 4.78 is 1.04. The monoisotopic (exact) mass is 341 g/mol. The fraction of sp³-hybridized carbons (Fsp3) is 0.571. The molecule has 1 aliphatic heterocycles. The number of halogens is 1. The van der Waals surface area contributed by atoms with Crippen molar-refractivity contribution in [1.82, 2.24) is 4.90 Å². The van der Waals surface area contributed by atoms with Crippen LogP contribution in [-0.2, 0) is 16.1 Å². The minimum atomic E-state index is -0.357. The van der Waals surface area contributed by atoms with Gasteiger partial charge in [-0.2, -0.15) is 0 Å². The molecule has 0 N–H and O–H groups in total. The van der Waals surface area contributed by atoms with Gasteiger partial charge in [-0.15, -0.1) is 11.3 Å². The van der Waals surface area contributed by atoms with Gasteiger partial charge in [-0.25, -0.2) is 0 Å². The number of carbonyl (C=O) groups excluding carboxylic acids is 2. The van der Waals surface area contributed by atoms with Gasteiger partial charge < -0.3 is 0 Å². The molecule has 2 aliphatic rings. The summed E-state index contributed by atoms with van der Waals surface area (Å²) in [6.07, 6.45) is 5.57. The Morgan fingerprint density at radius 2 is 1.95 bits per heavy atom. The summed E-state index contributed by atoms with van der Waals surface area (Å²) in [7, 11) is 0. The molecule has 1 saturated heterocycles. The van der Waals surface area contributed by atoms with Crippen molar-refractivity contribution in [3.8, 4) is 0 Å². The Morgan fingerprint density at radius 3 is 2.58 bits per heavy atom. The Hall–Kier alpha value is -0.680. The van der Waals surface area contributed by atoms with E-state index in [1.165, 1.54) is 11.3 Å². The zero-order valence-electron chi connectivity index (χ0n) is 10.7. The third-order valence-corrected chi connectivity index (χ3v) is 5.85. The van der Waals surface area contributed by atoms with E-state index in [0.717, 1.165) is 34.3 Å². The van der Waals surface area contributed by atoms with E-state index in [0.29, 0.717) is 13.0 Å². The van der Waals surface area contributed by atoms with Gasteiger partial charge in [0.15, 0.2) is 0 Å². The second-order valence-electron chi connectivity index (χ2n) is 5.51. The Morgan fingerprint density at radius 1 is 1.21 bits per heavy atom. The number of imide groups is 1. The highest BCUT2D eigenvalue weighted by Crippen LogP contribution is 2.45. The van der Waals surface area contributed by atoms with E-state index in [4.69, 9.17) is 0 Å². The lowest BCUT2D eigenvalue weighted by Crippen LogP contribution is -2.36. The van der Waals surface area contributed by atoms with Crippen LogP contribution in [0.4, 0.5) is 0 Å². The first kappa shape index (κ1) is 13.3. The average Bonchev–Trinajstić information content (AvgIpc) is 2.89. The fourth-order valence-corrected chi connectivity index (χ4v) is 4.70. The SMILES string of the molecule is O=C1CC2(CCCCC2)C(=O)N1Cc1ccc(Br)s1. The van der Waals surface area contributed by atoms with Gasteiger partial charge in [0.25, 0.3) is 0 Å². The van der Waals surface area contributed by atoms with E-state index in [2.05, 4.69) is 15.9 Å². The summed E-state index contributed by atoms with van der Waals surface area (Å²) in [6.45, 7) is 0.440. The summed E-state index contributed by atoms with van der Waals surface area (Å²) in [4.78, 5) is 27.3. The third kappa shape index (κ3) is 2.38. The van der Waals surface area contributed by atoms with Crippen LogP contribution in [-0.4, -0.2) is 16.7 Å². The molecule has 0 radical (unpaired) electrons. The lowest BCUT2D eigenvalue weighted by atomic mass is 9.73. The first-order valence-electron chi connectivity index (χ1n) is 6.70. The molecule has 3 nitrogen and oxygen atoms in total. The molecule has 2 heterocycles. The highest BCUT2D eigenvalue weighted by molar-refractivity contribution is 9.11. The molecule has 2 amide bonds. The Bertz CT molecular complexity index is 519. The maximum atomic E-state index is 12.6. The van der Waals surface area contributed by atoms with Crippen molar-refractivity contribution in [2.45, 2.75) is 45.1 Å². The van der Waals surface area contributed by atoms with Crippen LogP contribution < -0.4 is 0 Å². The van der Waals surface area contributed by atoms with Crippen LogP contribution in [0.15, 0.2) is 15.9 Å². The molecule has 1 aliphatic carbocycles. The van der Waals surface area contributed by atoms with Crippen LogP contribution in [0.5, 0.6) is 0 Å². The normalized spacial score (nSPS) is 22.5. The maximum absolute atomic E-state index is 12.6. The summed E-state index contributed by atoms with van der Waals surface area (Å²) in [5, 5.41) is 0. The highest BCUT2D eigenvalue weighted by atomic mass is 79.9. The van der Waals surface area contributed by atoms with Crippen molar-refractivity contribution in [3.63, 3.8) is 0 Å². The van der Waals surface area contributed by atoms with Crippen LogP contribution in [0.3, 0.4) is 0 Å². The second-order valence-corrected chi connectivity index (χ2v) is 8.06. The molecule has 2 fully saturated rings. The van der Waals surface area contributed by atoms with E-state index >= 15 is 0 Å². The van der Waals surface area contributed by atoms with Crippen molar-refractivity contribution < 1.29 is 9.59 Å². The molecule has 3 rings (SSSR count). The number of carbonyl (C=O) groups is 2. The predicted molar refractivity (Wildman–Crippen MR) is 77.7 cm³/mol.